The van der Waals surface area contributed by atoms with Crippen LogP contribution in [0.15, 0.2) is 528 Å². The molecule has 9 nitrogen and oxygen atoms in total. The number of fused-ring (bicyclic) bond motifs is 31. The van der Waals surface area contributed by atoms with Crippen molar-refractivity contribution >= 4 is 207 Å². The molecule has 9 aromatic heterocycles. The van der Waals surface area contributed by atoms with Gasteiger partial charge in [0.15, 0.2) is 0 Å². The van der Waals surface area contributed by atoms with Crippen LogP contribution in [0.3, 0.4) is 0 Å². The van der Waals surface area contributed by atoms with Gasteiger partial charge in [-0.3, -0.25) is 0 Å². The summed E-state index contributed by atoms with van der Waals surface area (Å²) >= 11 is 0. The molecule has 23 aromatic carbocycles. The van der Waals surface area contributed by atoms with Crippen LogP contribution in [0, 0.1) is 0 Å². The van der Waals surface area contributed by atoms with E-state index in [2.05, 4.69) is 569 Å². The molecule has 0 fully saturated rings. The van der Waals surface area contributed by atoms with Crippen LogP contribution < -0.4 is 0 Å². The van der Waals surface area contributed by atoms with Gasteiger partial charge in [-0.2, -0.15) is 0 Å². The van der Waals surface area contributed by atoms with Gasteiger partial charge in [-0.25, -0.2) is 0 Å². The Labute approximate surface area is 832 Å². The fourth-order valence-electron chi connectivity index (χ4n) is 24.5. The van der Waals surface area contributed by atoms with E-state index in [4.69, 9.17) is 0 Å². The van der Waals surface area contributed by atoms with E-state index in [1.54, 1.807) is 0 Å². The molecule has 0 N–H and O–H groups in total. The summed E-state index contributed by atoms with van der Waals surface area (Å²) in [6, 6.07) is 192. The zero-order valence-electron chi connectivity index (χ0n) is 78.8. The van der Waals surface area contributed by atoms with Crippen molar-refractivity contribution in [2.45, 2.75) is 0 Å². The van der Waals surface area contributed by atoms with Crippen molar-refractivity contribution in [2.75, 3.05) is 0 Å². The van der Waals surface area contributed by atoms with Crippen molar-refractivity contribution in [1.82, 2.24) is 41.1 Å². The van der Waals surface area contributed by atoms with Gasteiger partial charge in [-0.15, -0.1) is 0 Å². The topological polar surface area (TPSA) is 44.4 Å². The number of benzene rings is 23. The summed E-state index contributed by atoms with van der Waals surface area (Å²) in [5, 5.41) is 25.1. The Bertz CT molecular complexity index is 10900. The molecule has 0 radical (unpaired) electrons. The van der Waals surface area contributed by atoms with Gasteiger partial charge in [-0.1, -0.05) is 340 Å². The highest BCUT2D eigenvalue weighted by Gasteiger charge is 2.29. The van der Waals surface area contributed by atoms with Gasteiger partial charge >= 0.3 is 0 Å². The van der Waals surface area contributed by atoms with Crippen LogP contribution in [-0.2, 0) is 0 Å². The first-order valence-electron chi connectivity index (χ1n) is 49.9. The summed E-state index contributed by atoms with van der Waals surface area (Å²) in [7, 11) is 0. The third kappa shape index (κ3) is 12.3. The van der Waals surface area contributed by atoms with Crippen LogP contribution >= 0.6 is 0 Å². The van der Waals surface area contributed by atoms with E-state index in [1.165, 1.54) is 247 Å². The number of aromatic nitrogens is 9. The van der Waals surface area contributed by atoms with Gasteiger partial charge in [0.2, 0.25) is 0 Å². The van der Waals surface area contributed by atoms with Gasteiger partial charge in [-0.05, 0) is 205 Å². The van der Waals surface area contributed by atoms with E-state index in [0.29, 0.717) is 0 Å². The Hall–Kier alpha value is -19.5. The van der Waals surface area contributed by atoms with Gasteiger partial charge in [0.25, 0.3) is 0 Å². The lowest BCUT2D eigenvalue weighted by molar-refractivity contribution is 1.17. The molecule has 0 aliphatic heterocycles. The van der Waals surface area contributed by atoms with E-state index < -0.39 is 0 Å². The van der Waals surface area contributed by atoms with Crippen molar-refractivity contribution in [3.05, 3.63) is 528 Å². The highest BCUT2D eigenvalue weighted by molar-refractivity contribution is 6.31. The van der Waals surface area contributed by atoms with Crippen molar-refractivity contribution in [3.8, 4) is 62.3 Å². The lowest BCUT2D eigenvalue weighted by Crippen LogP contribution is -1.97. The third-order valence-corrected chi connectivity index (χ3v) is 30.4. The minimum atomic E-state index is 1.15. The van der Waals surface area contributed by atoms with Crippen LogP contribution in [0.25, 0.3) is 269 Å². The molecule has 0 bridgehead atoms. The van der Waals surface area contributed by atoms with Crippen LogP contribution in [0.5, 0.6) is 0 Å². The van der Waals surface area contributed by atoms with Gasteiger partial charge in [0.05, 0.1) is 111 Å². The largest absolute Gasteiger partial charge is 0.309 e. The average Bonchev–Trinajstić information content (AvgIpc) is 1.55. The van der Waals surface area contributed by atoms with Crippen LogP contribution in [0.4, 0.5) is 0 Å². The summed E-state index contributed by atoms with van der Waals surface area (Å²) in [5.74, 6) is 0. The number of para-hydroxylation sites is 13. The zero-order chi connectivity index (χ0) is 95.0. The predicted molar refractivity (Wildman–Crippen MR) is 611 cm³/mol. The van der Waals surface area contributed by atoms with Crippen molar-refractivity contribution < 1.29 is 0 Å². The number of rotatable bonds is 10. The molecule has 0 aliphatic carbocycles. The number of hydrogen-bond acceptors (Lipinski definition) is 0. The predicted octanol–water partition coefficient (Wildman–Crippen LogP) is 35.8. The Morgan fingerprint density at radius 2 is 0.345 bits per heavy atom. The molecule has 32 aromatic rings. The second-order valence-electron chi connectivity index (χ2n) is 38.1. The maximum Gasteiger partial charge on any atom is 0.0641 e. The molecule has 0 aliphatic rings. The monoisotopic (exact) mass is 1850 g/mol. The summed E-state index contributed by atoms with van der Waals surface area (Å²) in [5.41, 5.74) is 34.7. The van der Waals surface area contributed by atoms with Gasteiger partial charge < -0.3 is 41.1 Å². The normalized spacial score (nSPS) is 12.0. The Morgan fingerprint density at radius 3 is 0.772 bits per heavy atom. The molecular formula is C136H87N9. The minimum absolute atomic E-state index is 1.15. The van der Waals surface area contributed by atoms with E-state index in [0.717, 1.165) is 22.7 Å². The maximum absolute atomic E-state index is 2.53. The van der Waals surface area contributed by atoms with Crippen LogP contribution in [0.1, 0.15) is 0 Å². The fourth-order valence-corrected chi connectivity index (χ4v) is 24.5. The van der Waals surface area contributed by atoms with E-state index in [1.807, 2.05) is 0 Å². The maximum atomic E-state index is 2.53. The van der Waals surface area contributed by atoms with E-state index in [-0.39, 0.29) is 0 Å². The van der Waals surface area contributed by atoms with Crippen molar-refractivity contribution in [2.24, 2.45) is 0 Å². The fraction of sp³-hybridized carbons (Fsp3) is 0. The molecule has 0 atom stereocenters. The van der Waals surface area contributed by atoms with Crippen molar-refractivity contribution in [3.63, 3.8) is 0 Å². The molecule has 0 saturated heterocycles. The molecule has 0 spiro atoms. The smallest absolute Gasteiger partial charge is 0.0641 e. The first-order valence-corrected chi connectivity index (χ1v) is 49.9. The molecule has 0 amide bonds. The molecule has 0 unspecified atom stereocenters. The van der Waals surface area contributed by atoms with Crippen molar-refractivity contribution in [1.29, 1.82) is 0 Å². The Balaban J connectivity index is 0.000000101. The summed E-state index contributed by atoms with van der Waals surface area (Å²) in [4.78, 5) is 0. The highest BCUT2D eigenvalue weighted by atomic mass is 15.1. The first kappa shape index (κ1) is 81.5. The molecule has 32 rings (SSSR count). The number of hydrogen-bond donors (Lipinski definition) is 0. The standard InChI is InChI=1S/C48H31N3.C46H29N3.C42H27N3/c1-3-14-32(15-4-1)33-16-13-19-35(30-33)50-44-25-12-9-22-40(44)47-46(50)29-27-39-37-20-7-11-24-43(37)51(48(39)47)36-26-28-45-41(31-36)38-21-8-10-23-42(38)49(45)34-17-5-2-6-18-34;1-2-15-31(16-3-1)47-42-23-11-8-20-37(42)45-44(47)28-26-36-34-18-6-9-21-40(34)48(46(36)45)32-25-27-43-38(29-32)35-19-7-10-22-41(35)49(43)39-24-12-14-30-13-4-5-17-33(30)39;1-3-14-28(15-4-1)43-35-22-11-8-19-32(35)40-37(43)24-13-25-38(40)45-34-21-10-7-18-30(34)31-26-27-39-41(42(31)45)33-20-9-12-23-36(33)44(39)29-16-5-2-6-17-29/h1-31H;1-29H;1-27H. The van der Waals surface area contributed by atoms with E-state index >= 15 is 0 Å². The van der Waals surface area contributed by atoms with Crippen LogP contribution in [0.2, 0.25) is 0 Å². The van der Waals surface area contributed by atoms with Gasteiger partial charge in [0, 0.05) is 142 Å². The SMILES string of the molecule is c1ccc(-c2cccc(-n3c4ccccc4c4c3ccc3c5ccccc5n(-c5ccc6c(c5)c5ccccc5n6-c5ccccc5)c34)c2)cc1.c1ccc(-n2c3ccccc3c3c(-n4c5ccccc5c5ccc6c(c7ccccc7n6-c6ccccc6)c54)cccc32)cc1.c1ccc(-n2c3ccccc3c3c2ccc2c4ccccc4n(-c4ccc5c(c4)c4ccccc4n5-c4cccc5ccccc45)c23)cc1. The molecule has 145 heavy (non-hydrogen) atoms. The van der Waals surface area contributed by atoms with E-state index in [9.17, 15) is 0 Å². The molecule has 676 valence electrons. The highest BCUT2D eigenvalue weighted by Crippen LogP contribution is 2.50. The minimum Gasteiger partial charge on any atom is -0.309 e. The summed E-state index contributed by atoms with van der Waals surface area (Å²) in [6.07, 6.45) is 0. The summed E-state index contributed by atoms with van der Waals surface area (Å²) < 4.78 is 22.0. The molecule has 9 heterocycles. The van der Waals surface area contributed by atoms with Gasteiger partial charge in [0.1, 0.15) is 0 Å². The lowest BCUT2D eigenvalue weighted by atomic mass is 10.1. The second kappa shape index (κ2) is 32.6. The quantitative estimate of drug-likeness (QED) is 0.131. The lowest BCUT2D eigenvalue weighted by Gasteiger charge is -2.13. The molecule has 0 saturated carbocycles. The molecule has 9 heteroatoms. The average molecular weight is 1850 g/mol. The zero-order valence-corrected chi connectivity index (χ0v) is 78.8. The third-order valence-electron chi connectivity index (χ3n) is 30.4. The number of nitrogens with zero attached hydrogens (tertiary/aromatic N) is 9. The molecular weight excluding hydrogens is 1760 g/mol. The van der Waals surface area contributed by atoms with Crippen LogP contribution in [-0.4, -0.2) is 41.1 Å². The first-order chi connectivity index (χ1) is 72.1. The second-order valence-corrected chi connectivity index (χ2v) is 38.1. The Morgan fingerprint density at radius 1 is 0.103 bits per heavy atom. The summed E-state index contributed by atoms with van der Waals surface area (Å²) in [6.45, 7) is 0. The Kier molecular flexibility index (Phi) is 18.3.